The van der Waals surface area contributed by atoms with Crippen LogP contribution in [0.4, 0.5) is 0 Å². The molecule has 0 atom stereocenters. The molecular weight excluding hydrogens is 198 g/mol. The molecule has 1 N–H and O–H groups in total. The Morgan fingerprint density at radius 1 is 1.40 bits per heavy atom. The Balaban J connectivity index is 0.000000423. The standard InChI is InChI=1S/C8H7NO2.C2H4O2/c10-9(11)7-6-8-4-2-1-3-5-8;1-2(3)4/h1-7H;1H3,(H,3,4). The molecule has 5 nitrogen and oxygen atoms in total. The summed E-state index contributed by atoms with van der Waals surface area (Å²) >= 11 is 0. The highest BCUT2D eigenvalue weighted by atomic mass is 16.6. The van der Waals surface area contributed by atoms with Crippen LogP contribution in [0.3, 0.4) is 0 Å². The summed E-state index contributed by atoms with van der Waals surface area (Å²) in [5.74, 6) is -0.833. The van der Waals surface area contributed by atoms with Crippen molar-refractivity contribution in [3.05, 3.63) is 52.2 Å². The Kier molecular flexibility index (Phi) is 6.20. The first-order valence-corrected chi connectivity index (χ1v) is 4.08. The van der Waals surface area contributed by atoms with Crippen LogP contribution in [0.5, 0.6) is 0 Å². The largest absolute Gasteiger partial charge is 0.481 e. The number of hydrogen-bond acceptors (Lipinski definition) is 3. The van der Waals surface area contributed by atoms with E-state index in [1.165, 1.54) is 6.08 Å². The van der Waals surface area contributed by atoms with Crippen molar-refractivity contribution in [2.24, 2.45) is 0 Å². The maximum atomic E-state index is 9.89. The van der Waals surface area contributed by atoms with Crippen molar-refractivity contribution in [2.75, 3.05) is 0 Å². The first kappa shape index (κ1) is 12.8. The molecule has 1 aromatic carbocycles. The van der Waals surface area contributed by atoms with Crippen LogP contribution in [0.1, 0.15) is 12.5 Å². The smallest absolute Gasteiger partial charge is 0.300 e. The number of carbonyl (C=O) groups is 1. The van der Waals surface area contributed by atoms with E-state index in [0.29, 0.717) is 0 Å². The van der Waals surface area contributed by atoms with E-state index in [0.717, 1.165) is 18.7 Å². The second-order valence-electron chi connectivity index (χ2n) is 2.53. The van der Waals surface area contributed by atoms with E-state index < -0.39 is 10.9 Å². The Hall–Kier alpha value is -2.17. The summed E-state index contributed by atoms with van der Waals surface area (Å²) in [6.45, 7) is 1.08. The van der Waals surface area contributed by atoms with E-state index >= 15 is 0 Å². The van der Waals surface area contributed by atoms with Gasteiger partial charge in [-0.3, -0.25) is 14.9 Å². The Labute approximate surface area is 86.8 Å². The average Bonchev–Trinajstić information content (AvgIpc) is 2.15. The molecule has 15 heavy (non-hydrogen) atoms. The van der Waals surface area contributed by atoms with Gasteiger partial charge in [0.2, 0.25) is 6.20 Å². The van der Waals surface area contributed by atoms with Crippen molar-refractivity contribution in [1.29, 1.82) is 0 Å². The van der Waals surface area contributed by atoms with Crippen molar-refractivity contribution in [2.45, 2.75) is 6.92 Å². The zero-order valence-electron chi connectivity index (χ0n) is 8.16. The summed E-state index contributed by atoms with van der Waals surface area (Å²) in [7, 11) is 0. The zero-order valence-corrected chi connectivity index (χ0v) is 8.16. The molecule has 5 heteroatoms. The van der Waals surface area contributed by atoms with Crippen molar-refractivity contribution in [1.82, 2.24) is 0 Å². The maximum absolute atomic E-state index is 9.89. The molecule has 0 unspecified atom stereocenters. The average molecular weight is 209 g/mol. The molecule has 1 aromatic rings. The van der Waals surface area contributed by atoms with E-state index in [1.54, 1.807) is 12.1 Å². The van der Waals surface area contributed by atoms with Gasteiger partial charge in [0.1, 0.15) is 0 Å². The fourth-order valence-electron chi connectivity index (χ4n) is 0.711. The lowest BCUT2D eigenvalue weighted by Crippen LogP contribution is -1.81. The van der Waals surface area contributed by atoms with Gasteiger partial charge in [-0.05, 0) is 5.56 Å². The van der Waals surface area contributed by atoms with Gasteiger partial charge in [0.15, 0.2) is 0 Å². The molecule has 0 saturated carbocycles. The number of rotatable bonds is 2. The van der Waals surface area contributed by atoms with Gasteiger partial charge in [0, 0.05) is 13.0 Å². The van der Waals surface area contributed by atoms with Crippen molar-refractivity contribution < 1.29 is 14.8 Å². The second kappa shape index (κ2) is 7.25. The van der Waals surface area contributed by atoms with Gasteiger partial charge in [-0.2, -0.15) is 0 Å². The molecule has 0 aromatic heterocycles. The minimum Gasteiger partial charge on any atom is -0.481 e. The first-order valence-electron chi connectivity index (χ1n) is 4.08. The summed E-state index contributed by atoms with van der Waals surface area (Å²) in [5.41, 5.74) is 0.837. The monoisotopic (exact) mass is 209 g/mol. The van der Waals surface area contributed by atoms with Crippen LogP contribution in [0, 0.1) is 10.1 Å². The lowest BCUT2D eigenvalue weighted by Gasteiger charge is -1.86. The Morgan fingerprint density at radius 3 is 2.27 bits per heavy atom. The predicted octanol–water partition coefficient (Wildman–Crippen LogP) is 2.02. The van der Waals surface area contributed by atoms with Crippen molar-refractivity contribution >= 4 is 12.0 Å². The predicted molar refractivity (Wildman–Crippen MR) is 55.8 cm³/mol. The molecule has 0 fully saturated rings. The van der Waals surface area contributed by atoms with E-state index in [2.05, 4.69) is 0 Å². The second-order valence-corrected chi connectivity index (χ2v) is 2.53. The Bertz CT molecular complexity index is 342. The molecule has 0 radical (unpaired) electrons. The number of nitrogens with zero attached hydrogens (tertiary/aromatic N) is 1. The fourth-order valence-corrected chi connectivity index (χ4v) is 0.711. The third-order valence-electron chi connectivity index (χ3n) is 1.19. The molecule has 0 amide bonds. The summed E-state index contributed by atoms with van der Waals surface area (Å²) in [6.07, 6.45) is 2.38. The highest BCUT2D eigenvalue weighted by molar-refractivity contribution is 5.62. The summed E-state index contributed by atoms with van der Waals surface area (Å²) < 4.78 is 0. The van der Waals surface area contributed by atoms with Gasteiger partial charge in [0.25, 0.3) is 5.97 Å². The van der Waals surface area contributed by atoms with Crippen LogP contribution < -0.4 is 0 Å². The summed E-state index contributed by atoms with van der Waals surface area (Å²) in [5, 5.41) is 17.3. The van der Waals surface area contributed by atoms with Gasteiger partial charge < -0.3 is 5.11 Å². The molecule has 0 aliphatic carbocycles. The molecule has 0 bridgehead atoms. The molecule has 80 valence electrons. The zero-order chi connectivity index (χ0) is 11.7. The fraction of sp³-hybridized carbons (Fsp3) is 0.100. The van der Waals surface area contributed by atoms with E-state index in [4.69, 9.17) is 9.90 Å². The molecular formula is C10H11NO4. The van der Waals surface area contributed by atoms with Crippen molar-refractivity contribution in [3.63, 3.8) is 0 Å². The molecule has 1 rings (SSSR count). The Morgan fingerprint density at radius 2 is 1.87 bits per heavy atom. The SMILES string of the molecule is CC(=O)O.O=[N+]([O-])C=Cc1ccccc1. The molecule has 0 aliphatic heterocycles. The first-order chi connectivity index (χ1) is 7.02. The number of aliphatic carboxylic acids is 1. The molecule has 0 saturated heterocycles. The number of carboxylic acids is 1. The van der Waals surface area contributed by atoms with Crippen LogP contribution in [-0.4, -0.2) is 16.0 Å². The molecule has 0 heterocycles. The highest BCUT2D eigenvalue weighted by Gasteiger charge is 1.86. The van der Waals surface area contributed by atoms with E-state index in [1.807, 2.05) is 18.2 Å². The van der Waals surface area contributed by atoms with Crippen LogP contribution >= 0.6 is 0 Å². The molecule has 0 aliphatic rings. The van der Waals surface area contributed by atoms with Gasteiger partial charge in [-0.1, -0.05) is 30.3 Å². The lowest BCUT2D eigenvalue weighted by atomic mass is 10.2. The van der Waals surface area contributed by atoms with Gasteiger partial charge in [-0.25, -0.2) is 0 Å². The van der Waals surface area contributed by atoms with Crippen LogP contribution in [-0.2, 0) is 4.79 Å². The van der Waals surface area contributed by atoms with Crippen LogP contribution in [0.2, 0.25) is 0 Å². The van der Waals surface area contributed by atoms with Crippen LogP contribution in [0.15, 0.2) is 36.5 Å². The number of benzene rings is 1. The normalized spacial score (nSPS) is 9.13. The highest BCUT2D eigenvalue weighted by Crippen LogP contribution is 1.99. The third kappa shape index (κ3) is 9.75. The minimum atomic E-state index is -0.833. The number of hydrogen-bond donors (Lipinski definition) is 1. The topological polar surface area (TPSA) is 80.4 Å². The number of carboxylic acid groups (broad SMARTS) is 1. The minimum absolute atomic E-state index is 0.479. The number of nitro groups is 1. The van der Waals surface area contributed by atoms with E-state index in [-0.39, 0.29) is 0 Å². The maximum Gasteiger partial charge on any atom is 0.300 e. The van der Waals surface area contributed by atoms with Gasteiger partial charge in [-0.15, -0.1) is 0 Å². The summed E-state index contributed by atoms with van der Waals surface area (Å²) in [4.78, 5) is 18.4. The van der Waals surface area contributed by atoms with Crippen LogP contribution in [0.25, 0.3) is 6.08 Å². The van der Waals surface area contributed by atoms with E-state index in [9.17, 15) is 10.1 Å². The van der Waals surface area contributed by atoms with Crippen molar-refractivity contribution in [3.8, 4) is 0 Å². The molecule has 0 spiro atoms. The van der Waals surface area contributed by atoms with Gasteiger partial charge >= 0.3 is 0 Å². The quantitative estimate of drug-likeness (QED) is 0.596. The third-order valence-corrected chi connectivity index (χ3v) is 1.19. The van der Waals surface area contributed by atoms with Gasteiger partial charge in [0.05, 0.1) is 4.92 Å². The lowest BCUT2D eigenvalue weighted by molar-refractivity contribution is -0.400. The summed E-state index contributed by atoms with van der Waals surface area (Å²) in [6, 6.07) is 9.14.